The number of fused-ring (bicyclic) bond motifs is 1. The van der Waals surface area contributed by atoms with Crippen molar-refractivity contribution in [2.45, 2.75) is 25.1 Å². The molecule has 0 radical (unpaired) electrons. The number of sulfonamides is 1. The Morgan fingerprint density at radius 2 is 1.87 bits per heavy atom. The molecule has 2 heterocycles. The van der Waals surface area contributed by atoms with Crippen LogP contribution < -0.4 is 10.5 Å². The first-order valence-electron chi connectivity index (χ1n) is 8.74. The standard InChI is InChI=1S/C17H15F3N6O3S/c18-17(19,20)16-24-14(23-10-3-4-10)13-15(25-16)26(8-22-13)11-5-1-9(2-6-11)12(27)7-30(21,28)29/h1-2,5-6,8,10H,3-4,7H2,(H2,21,28,29)(H,23,24,25). The third-order valence-corrected chi connectivity index (χ3v) is 5.03. The van der Waals surface area contributed by atoms with Crippen LogP contribution in [-0.2, 0) is 16.2 Å². The van der Waals surface area contributed by atoms with Crippen LogP contribution in [0.25, 0.3) is 16.9 Å². The third-order valence-electron chi connectivity index (χ3n) is 4.37. The number of imidazole rings is 1. The van der Waals surface area contributed by atoms with E-state index in [9.17, 15) is 26.4 Å². The van der Waals surface area contributed by atoms with Gasteiger partial charge in [-0.25, -0.2) is 28.5 Å². The van der Waals surface area contributed by atoms with E-state index in [0.29, 0.717) is 5.69 Å². The first-order valence-corrected chi connectivity index (χ1v) is 10.5. The maximum absolute atomic E-state index is 13.3. The number of ketones is 1. The number of nitrogens with two attached hydrogens (primary N) is 1. The first-order chi connectivity index (χ1) is 14.0. The van der Waals surface area contributed by atoms with Crippen LogP contribution in [-0.4, -0.2) is 45.5 Å². The predicted octanol–water partition coefficient (Wildman–Crippen LogP) is 1.88. The van der Waals surface area contributed by atoms with Gasteiger partial charge in [0.15, 0.2) is 22.8 Å². The van der Waals surface area contributed by atoms with Crippen LogP contribution >= 0.6 is 0 Å². The lowest BCUT2D eigenvalue weighted by Gasteiger charge is -2.11. The second kappa shape index (κ2) is 7.02. The molecule has 30 heavy (non-hydrogen) atoms. The van der Waals surface area contributed by atoms with Crippen molar-refractivity contribution < 1.29 is 26.4 Å². The van der Waals surface area contributed by atoms with E-state index in [-0.39, 0.29) is 28.6 Å². The molecular formula is C17H15F3N6O3S. The number of nitrogens with one attached hydrogen (secondary N) is 1. The molecule has 1 aromatic carbocycles. The lowest BCUT2D eigenvalue weighted by atomic mass is 10.1. The molecule has 0 saturated heterocycles. The number of carbonyl (C=O) groups excluding carboxylic acids is 1. The second-order valence-corrected chi connectivity index (χ2v) is 8.49. The Balaban J connectivity index is 1.74. The van der Waals surface area contributed by atoms with Gasteiger partial charge in [-0.2, -0.15) is 13.2 Å². The van der Waals surface area contributed by atoms with Crippen molar-refractivity contribution in [3.05, 3.63) is 42.0 Å². The maximum atomic E-state index is 13.3. The zero-order valence-corrected chi connectivity index (χ0v) is 16.0. The van der Waals surface area contributed by atoms with E-state index in [1.54, 1.807) is 0 Å². The number of benzene rings is 1. The molecule has 0 atom stereocenters. The van der Waals surface area contributed by atoms with E-state index in [2.05, 4.69) is 20.3 Å². The highest BCUT2D eigenvalue weighted by Crippen LogP contribution is 2.33. The fourth-order valence-electron chi connectivity index (χ4n) is 2.81. The van der Waals surface area contributed by atoms with Crippen LogP contribution in [0, 0.1) is 0 Å². The van der Waals surface area contributed by atoms with Gasteiger partial charge < -0.3 is 5.32 Å². The highest BCUT2D eigenvalue weighted by Gasteiger charge is 2.37. The largest absolute Gasteiger partial charge is 0.451 e. The summed E-state index contributed by atoms with van der Waals surface area (Å²) in [5.41, 5.74) is 0.612. The summed E-state index contributed by atoms with van der Waals surface area (Å²) in [5.74, 6) is -2.83. The topological polar surface area (TPSA) is 133 Å². The van der Waals surface area contributed by atoms with Crippen LogP contribution in [0.15, 0.2) is 30.6 Å². The molecule has 13 heteroatoms. The Morgan fingerprint density at radius 1 is 1.20 bits per heavy atom. The molecule has 0 amide bonds. The third kappa shape index (κ3) is 4.26. The molecule has 1 aliphatic carbocycles. The Labute approximate surface area is 168 Å². The number of hydrogen-bond donors (Lipinski definition) is 2. The minimum absolute atomic E-state index is 0.00789. The van der Waals surface area contributed by atoms with Crippen LogP contribution in [0.3, 0.4) is 0 Å². The van der Waals surface area contributed by atoms with E-state index in [1.165, 1.54) is 35.2 Å². The molecule has 2 aromatic heterocycles. The summed E-state index contributed by atoms with van der Waals surface area (Å²) in [7, 11) is -3.98. The number of anilines is 1. The molecule has 0 bridgehead atoms. The molecule has 1 fully saturated rings. The van der Waals surface area contributed by atoms with Crippen molar-refractivity contribution in [2.24, 2.45) is 5.14 Å². The summed E-state index contributed by atoms with van der Waals surface area (Å²) in [4.78, 5) is 23.3. The van der Waals surface area contributed by atoms with Gasteiger partial charge >= 0.3 is 6.18 Å². The van der Waals surface area contributed by atoms with Crippen molar-refractivity contribution in [1.82, 2.24) is 19.5 Å². The molecule has 9 nitrogen and oxygen atoms in total. The van der Waals surface area contributed by atoms with Gasteiger partial charge in [-0.1, -0.05) is 0 Å². The number of primary sulfonamides is 1. The Kier molecular flexibility index (Phi) is 4.73. The second-order valence-electron chi connectivity index (χ2n) is 6.88. The zero-order chi connectivity index (χ0) is 21.7. The number of hydrogen-bond acceptors (Lipinski definition) is 7. The van der Waals surface area contributed by atoms with Crippen molar-refractivity contribution in [2.75, 3.05) is 11.1 Å². The van der Waals surface area contributed by atoms with Crippen LogP contribution in [0.4, 0.5) is 19.0 Å². The van der Waals surface area contributed by atoms with E-state index < -0.39 is 33.6 Å². The lowest BCUT2D eigenvalue weighted by Crippen LogP contribution is -2.23. The smallest absolute Gasteiger partial charge is 0.365 e. The van der Waals surface area contributed by atoms with Crippen molar-refractivity contribution >= 4 is 32.8 Å². The lowest BCUT2D eigenvalue weighted by molar-refractivity contribution is -0.144. The minimum atomic E-state index is -4.74. The van der Waals surface area contributed by atoms with E-state index in [4.69, 9.17) is 5.14 Å². The average Bonchev–Trinajstić information content (AvgIpc) is 3.35. The Hall–Kier alpha value is -3.06. The molecular weight excluding hydrogens is 425 g/mol. The van der Waals surface area contributed by atoms with Gasteiger partial charge in [0.1, 0.15) is 12.1 Å². The normalized spacial score (nSPS) is 14.8. The van der Waals surface area contributed by atoms with Crippen LogP contribution in [0.2, 0.25) is 0 Å². The van der Waals surface area contributed by atoms with Gasteiger partial charge in [0.05, 0.1) is 0 Å². The molecule has 4 rings (SSSR count). The highest BCUT2D eigenvalue weighted by atomic mass is 32.2. The summed E-state index contributed by atoms with van der Waals surface area (Å²) in [6, 6.07) is 5.65. The molecule has 1 aliphatic rings. The fraction of sp³-hybridized carbons (Fsp3) is 0.294. The number of rotatable bonds is 6. The number of Topliss-reactive ketones (excluding diaryl/α,β-unsaturated/α-hetero) is 1. The summed E-state index contributed by atoms with van der Waals surface area (Å²) in [5, 5.41) is 7.81. The van der Waals surface area contributed by atoms with Crippen molar-refractivity contribution in [1.29, 1.82) is 0 Å². The fourth-order valence-corrected chi connectivity index (χ4v) is 3.34. The van der Waals surface area contributed by atoms with Crippen LogP contribution in [0.1, 0.15) is 29.0 Å². The van der Waals surface area contributed by atoms with Gasteiger partial charge in [-0.3, -0.25) is 9.36 Å². The Morgan fingerprint density at radius 3 is 2.43 bits per heavy atom. The number of aromatic nitrogens is 4. The monoisotopic (exact) mass is 440 g/mol. The van der Waals surface area contributed by atoms with Gasteiger partial charge in [-0.15, -0.1) is 0 Å². The quantitative estimate of drug-likeness (QED) is 0.559. The molecule has 3 N–H and O–H groups in total. The van der Waals surface area contributed by atoms with Gasteiger partial charge in [-0.05, 0) is 37.1 Å². The highest BCUT2D eigenvalue weighted by molar-refractivity contribution is 7.89. The molecule has 0 aliphatic heterocycles. The maximum Gasteiger partial charge on any atom is 0.451 e. The first kappa shape index (κ1) is 20.2. The summed E-state index contributed by atoms with van der Waals surface area (Å²) in [6.45, 7) is 0. The summed E-state index contributed by atoms with van der Waals surface area (Å²) in [6.07, 6.45) is -1.77. The molecule has 3 aromatic rings. The Bertz CT molecular complexity index is 1230. The van der Waals surface area contributed by atoms with Gasteiger partial charge in [0.25, 0.3) is 0 Å². The molecule has 158 valence electrons. The number of nitrogens with zero attached hydrogens (tertiary/aromatic N) is 4. The minimum Gasteiger partial charge on any atom is -0.365 e. The van der Waals surface area contributed by atoms with E-state index >= 15 is 0 Å². The average molecular weight is 440 g/mol. The van der Waals surface area contributed by atoms with Crippen LogP contribution in [0.5, 0.6) is 0 Å². The van der Waals surface area contributed by atoms with E-state index in [0.717, 1.165) is 12.8 Å². The number of alkyl halides is 3. The number of carbonyl (C=O) groups is 1. The van der Waals surface area contributed by atoms with Gasteiger partial charge in [0.2, 0.25) is 15.8 Å². The number of halogens is 3. The van der Waals surface area contributed by atoms with Gasteiger partial charge in [0, 0.05) is 17.3 Å². The van der Waals surface area contributed by atoms with Crippen molar-refractivity contribution in [3.8, 4) is 5.69 Å². The summed E-state index contributed by atoms with van der Waals surface area (Å²) < 4.78 is 63.3. The SMILES string of the molecule is NS(=O)(=O)CC(=O)c1ccc(-n2cnc3c(NC4CC4)nc(C(F)(F)F)nc32)cc1. The van der Waals surface area contributed by atoms with Crippen molar-refractivity contribution in [3.63, 3.8) is 0 Å². The summed E-state index contributed by atoms with van der Waals surface area (Å²) >= 11 is 0. The predicted molar refractivity (Wildman–Crippen MR) is 101 cm³/mol. The molecule has 0 spiro atoms. The molecule has 0 unspecified atom stereocenters. The molecule has 1 saturated carbocycles. The van der Waals surface area contributed by atoms with E-state index in [1.807, 2.05) is 0 Å². The zero-order valence-electron chi connectivity index (χ0n) is 15.2.